The molecule has 4 heteroatoms. The van der Waals surface area contributed by atoms with Gasteiger partial charge in [-0.3, -0.25) is 0 Å². The van der Waals surface area contributed by atoms with Gasteiger partial charge in [0.1, 0.15) is 18.6 Å². The molecule has 0 saturated carbocycles. The van der Waals surface area contributed by atoms with Crippen LogP contribution in [0.4, 0.5) is 5.69 Å². The van der Waals surface area contributed by atoms with Gasteiger partial charge in [0.15, 0.2) is 5.71 Å². The predicted molar refractivity (Wildman–Crippen MR) is 153 cm³/mol. The van der Waals surface area contributed by atoms with Crippen LogP contribution in [-0.4, -0.2) is 17.3 Å². The first-order valence-corrected chi connectivity index (χ1v) is 13.1. The predicted octanol–water partition coefficient (Wildman–Crippen LogP) is 8.81. The fourth-order valence-corrected chi connectivity index (χ4v) is 5.23. The molecule has 0 fully saturated rings. The number of rotatable bonds is 4. The molecule has 0 saturated heterocycles. The standard InChI is InChI=1S/C31H26Br2NO/c1-31(2)27-8-4-5-9-28(27)34(3)30(31)10-6-7-26-19-23(21-11-15-24(32)16-12-21)20-29(35-26)22-13-17-25(33)18-14-22/h4-20H,1-3H3/q+1. The van der Waals surface area contributed by atoms with Gasteiger partial charge < -0.3 is 4.74 Å². The number of nitrogens with zero attached hydrogens (tertiary/aromatic N) is 1. The highest BCUT2D eigenvalue weighted by atomic mass is 79.9. The monoisotopic (exact) mass is 586 g/mol. The molecule has 174 valence electrons. The maximum atomic E-state index is 6.34. The molecule has 35 heavy (non-hydrogen) atoms. The summed E-state index contributed by atoms with van der Waals surface area (Å²) in [5, 5.41) is 0. The van der Waals surface area contributed by atoms with Crippen molar-refractivity contribution in [1.82, 2.24) is 0 Å². The molecule has 0 N–H and O–H groups in total. The third-order valence-corrected chi connectivity index (χ3v) is 7.63. The molecule has 3 aromatic rings. The highest BCUT2D eigenvalue weighted by molar-refractivity contribution is 9.10. The van der Waals surface area contributed by atoms with Crippen LogP contribution in [0.3, 0.4) is 0 Å². The second kappa shape index (κ2) is 9.60. The molecule has 0 radical (unpaired) electrons. The molecule has 2 nitrogen and oxygen atoms in total. The number of hydrogen-bond acceptors (Lipinski definition) is 1. The molecule has 0 unspecified atom stereocenters. The van der Waals surface area contributed by atoms with Crippen molar-refractivity contribution in [2.75, 3.05) is 7.05 Å². The quantitative estimate of drug-likeness (QED) is 0.278. The SMILES string of the molecule is C[N+]1=C(C=CC=C2C=C(c3ccc(Br)cc3)C=C(c3ccc(Br)cc3)O2)C(C)(C)c2ccccc21. The Hall–Kier alpha value is -2.95. The van der Waals surface area contributed by atoms with Gasteiger partial charge in [-0.1, -0.05) is 80.4 Å². The minimum atomic E-state index is -0.0608. The van der Waals surface area contributed by atoms with E-state index in [9.17, 15) is 0 Å². The normalized spacial score (nSPS) is 17.9. The number of fused-ring (bicyclic) bond motifs is 1. The van der Waals surface area contributed by atoms with E-state index in [1.54, 1.807) is 0 Å². The van der Waals surface area contributed by atoms with Gasteiger partial charge in [0.05, 0.1) is 5.41 Å². The summed E-state index contributed by atoms with van der Waals surface area (Å²) in [7, 11) is 2.14. The van der Waals surface area contributed by atoms with Crippen molar-refractivity contribution >= 4 is 54.6 Å². The zero-order valence-corrected chi connectivity index (χ0v) is 23.1. The van der Waals surface area contributed by atoms with Gasteiger partial charge in [-0.15, -0.1) is 0 Å². The Kier molecular flexibility index (Phi) is 6.52. The molecule has 2 aliphatic heterocycles. The van der Waals surface area contributed by atoms with E-state index in [1.165, 1.54) is 17.0 Å². The molecule has 0 atom stereocenters. The Bertz CT molecular complexity index is 1440. The fraction of sp³-hybridized carbons (Fsp3) is 0.129. The molecule has 2 aliphatic rings. The Labute approximate surface area is 223 Å². The average molecular weight is 588 g/mol. The molecule has 2 heterocycles. The molecule has 0 spiro atoms. The summed E-state index contributed by atoms with van der Waals surface area (Å²) in [6, 6.07) is 25.2. The summed E-state index contributed by atoms with van der Waals surface area (Å²) < 4.78 is 10.7. The van der Waals surface area contributed by atoms with Crippen LogP contribution < -0.4 is 0 Å². The second-order valence-corrected chi connectivity index (χ2v) is 11.1. The van der Waals surface area contributed by atoms with Crippen LogP contribution in [0, 0.1) is 0 Å². The van der Waals surface area contributed by atoms with Crippen molar-refractivity contribution < 1.29 is 9.31 Å². The van der Waals surface area contributed by atoms with Crippen LogP contribution in [0.25, 0.3) is 11.3 Å². The van der Waals surface area contributed by atoms with E-state index in [-0.39, 0.29) is 5.41 Å². The van der Waals surface area contributed by atoms with Crippen molar-refractivity contribution in [3.8, 4) is 0 Å². The summed E-state index contributed by atoms with van der Waals surface area (Å²) in [5.41, 5.74) is 7.09. The number of benzene rings is 3. The highest BCUT2D eigenvalue weighted by Gasteiger charge is 2.42. The summed E-state index contributed by atoms with van der Waals surface area (Å²) in [6.45, 7) is 4.55. The molecule has 3 aromatic carbocycles. The third-order valence-electron chi connectivity index (χ3n) is 6.57. The number of halogens is 2. The second-order valence-electron chi connectivity index (χ2n) is 9.24. The average Bonchev–Trinajstić information content (AvgIpc) is 3.05. The van der Waals surface area contributed by atoms with E-state index >= 15 is 0 Å². The lowest BCUT2D eigenvalue weighted by atomic mass is 9.81. The van der Waals surface area contributed by atoms with Gasteiger partial charge >= 0.3 is 0 Å². The van der Waals surface area contributed by atoms with Crippen molar-refractivity contribution in [2.45, 2.75) is 19.3 Å². The third kappa shape index (κ3) is 4.78. The lowest BCUT2D eigenvalue weighted by Crippen LogP contribution is -2.26. The van der Waals surface area contributed by atoms with E-state index in [0.29, 0.717) is 0 Å². The lowest BCUT2D eigenvalue weighted by Gasteiger charge is -2.18. The van der Waals surface area contributed by atoms with Crippen molar-refractivity contribution in [3.05, 3.63) is 135 Å². The van der Waals surface area contributed by atoms with Gasteiger partial charge in [0, 0.05) is 32.2 Å². The van der Waals surface area contributed by atoms with Crippen LogP contribution in [0.5, 0.6) is 0 Å². The van der Waals surface area contributed by atoms with Gasteiger partial charge in [-0.05, 0) is 67.5 Å². The van der Waals surface area contributed by atoms with Gasteiger partial charge in [0.25, 0.3) is 0 Å². The first-order chi connectivity index (χ1) is 16.8. The molecular formula is C31H26Br2NO+. The zero-order valence-electron chi connectivity index (χ0n) is 19.9. The number of allylic oxidation sites excluding steroid dienone is 6. The van der Waals surface area contributed by atoms with E-state index < -0.39 is 0 Å². The van der Waals surface area contributed by atoms with E-state index in [4.69, 9.17) is 4.74 Å². The van der Waals surface area contributed by atoms with E-state index in [2.05, 4.69) is 142 Å². The first-order valence-electron chi connectivity index (χ1n) is 11.5. The maximum Gasteiger partial charge on any atom is 0.209 e. The minimum Gasteiger partial charge on any atom is -0.457 e. The van der Waals surface area contributed by atoms with Crippen molar-refractivity contribution in [3.63, 3.8) is 0 Å². The van der Waals surface area contributed by atoms with Crippen LogP contribution >= 0.6 is 31.9 Å². The van der Waals surface area contributed by atoms with Crippen LogP contribution in [0.2, 0.25) is 0 Å². The summed E-state index contributed by atoms with van der Waals surface area (Å²) in [6.07, 6.45) is 10.5. The lowest BCUT2D eigenvalue weighted by molar-refractivity contribution is -0.401. The molecule has 0 bridgehead atoms. The minimum absolute atomic E-state index is 0.0608. The Balaban J connectivity index is 1.50. The van der Waals surface area contributed by atoms with E-state index in [0.717, 1.165) is 37.2 Å². The zero-order chi connectivity index (χ0) is 24.6. The molecule has 0 amide bonds. The number of para-hydroxylation sites is 1. The highest BCUT2D eigenvalue weighted by Crippen LogP contribution is 2.39. The van der Waals surface area contributed by atoms with E-state index in [1.807, 2.05) is 18.2 Å². The van der Waals surface area contributed by atoms with Crippen LogP contribution in [0.15, 0.2) is 118 Å². The summed E-state index contributed by atoms with van der Waals surface area (Å²) in [4.78, 5) is 0. The van der Waals surface area contributed by atoms with Crippen LogP contribution in [-0.2, 0) is 10.2 Å². The Morgan fingerprint density at radius 1 is 0.800 bits per heavy atom. The Morgan fingerprint density at radius 3 is 2.09 bits per heavy atom. The van der Waals surface area contributed by atoms with Gasteiger partial charge in [-0.2, -0.15) is 4.58 Å². The largest absolute Gasteiger partial charge is 0.457 e. The topological polar surface area (TPSA) is 12.2 Å². The van der Waals surface area contributed by atoms with Crippen molar-refractivity contribution in [2.24, 2.45) is 0 Å². The smallest absolute Gasteiger partial charge is 0.209 e. The molecule has 0 aromatic heterocycles. The van der Waals surface area contributed by atoms with Gasteiger partial charge in [0.2, 0.25) is 5.69 Å². The first kappa shape index (κ1) is 23.8. The Morgan fingerprint density at radius 2 is 1.43 bits per heavy atom. The number of hydrogen-bond donors (Lipinski definition) is 0. The molecule has 5 rings (SSSR count). The summed E-state index contributed by atoms with van der Waals surface area (Å²) >= 11 is 7.06. The number of ether oxygens (including phenoxy) is 1. The summed E-state index contributed by atoms with van der Waals surface area (Å²) in [5.74, 6) is 1.63. The van der Waals surface area contributed by atoms with Crippen molar-refractivity contribution in [1.29, 1.82) is 0 Å². The van der Waals surface area contributed by atoms with Gasteiger partial charge in [-0.25, -0.2) is 0 Å². The fourth-order valence-electron chi connectivity index (χ4n) is 4.71. The maximum absolute atomic E-state index is 6.34. The van der Waals surface area contributed by atoms with Crippen LogP contribution in [0.1, 0.15) is 30.5 Å². The molecular weight excluding hydrogens is 562 g/mol. The molecule has 0 aliphatic carbocycles.